The fourth-order valence-corrected chi connectivity index (χ4v) is 1.40. The van der Waals surface area contributed by atoms with Crippen molar-refractivity contribution >= 4 is 8.32 Å². The van der Waals surface area contributed by atoms with Crippen LogP contribution in [0.15, 0.2) is 12.2 Å². The molecule has 0 unspecified atom stereocenters. The average molecular weight is 186 g/mol. The van der Waals surface area contributed by atoms with Crippen molar-refractivity contribution in [3.63, 3.8) is 0 Å². The van der Waals surface area contributed by atoms with Crippen molar-refractivity contribution in [1.29, 1.82) is 0 Å². The second-order valence-corrected chi connectivity index (χ2v) is 8.55. The van der Waals surface area contributed by atoms with Crippen LogP contribution in [0.3, 0.4) is 0 Å². The zero-order valence-corrected chi connectivity index (χ0v) is 9.89. The van der Waals surface area contributed by atoms with Crippen LogP contribution < -0.4 is 0 Å². The maximum atomic E-state index is 5.66. The molecule has 0 N–H and O–H groups in total. The van der Waals surface area contributed by atoms with Crippen LogP contribution in [0.4, 0.5) is 0 Å². The van der Waals surface area contributed by atoms with Gasteiger partial charge < -0.3 is 4.43 Å². The standard InChI is InChI=1S/C10H22OSi/c1-5-6-7-8-9-10-11-12(2,3)4/h8-9H,5-7,10H2,1-4H3. The van der Waals surface area contributed by atoms with Gasteiger partial charge in [-0.05, 0) is 26.1 Å². The van der Waals surface area contributed by atoms with E-state index in [1.54, 1.807) is 0 Å². The highest BCUT2D eigenvalue weighted by atomic mass is 28.4. The first-order valence-corrected chi connectivity index (χ1v) is 8.26. The third kappa shape index (κ3) is 9.92. The van der Waals surface area contributed by atoms with Crippen LogP contribution in [-0.4, -0.2) is 14.9 Å². The molecule has 0 aromatic carbocycles. The number of rotatable bonds is 6. The molecule has 0 heterocycles. The van der Waals surface area contributed by atoms with Gasteiger partial charge in [0, 0.05) is 0 Å². The molecule has 0 saturated carbocycles. The molecule has 0 aliphatic carbocycles. The molecule has 72 valence electrons. The van der Waals surface area contributed by atoms with E-state index in [1.807, 2.05) is 0 Å². The molecular formula is C10H22OSi. The second-order valence-electron chi connectivity index (χ2n) is 4.04. The van der Waals surface area contributed by atoms with Gasteiger partial charge in [-0.1, -0.05) is 31.9 Å². The monoisotopic (exact) mass is 186 g/mol. The van der Waals surface area contributed by atoms with Crippen molar-refractivity contribution in [1.82, 2.24) is 0 Å². The van der Waals surface area contributed by atoms with E-state index in [0.29, 0.717) is 0 Å². The Hall–Kier alpha value is -0.0831. The molecule has 1 nitrogen and oxygen atoms in total. The highest BCUT2D eigenvalue weighted by molar-refractivity contribution is 6.69. The Morgan fingerprint density at radius 2 is 1.83 bits per heavy atom. The Balaban J connectivity index is 3.25. The van der Waals surface area contributed by atoms with Crippen LogP contribution in [0.5, 0.6) is 0 Å². The summed E-state index contributed by atoms with van der Waals surface area (Å²) in [6, 6.07) is 0. The second kappa shape index (κ2) is 6.43. The zero-order valence-electron chi connectivity index (χ0n) is 8.89. The van der Waals surface area contributed by atoms with Crippen LogP contribution in [-0.2, 0) is 4.43 Å². The lowest BCUT2D eigenvalue weighted by Gasteiger charge is -2.14. The average Bonchev–Trinajstić information content (AvgIpc) is 1.94. The van der Waals surface area contributed by atoms with Gasteiger partial charge in [0.25, 0.3) is 0 Å². The Morgan fingerprint density at radius 1 is 1.17 bits per heavy atom. The Labute approximate surface area is 78.0 Å². The van der Waals surface area contributed by atoms with Gasteiger partial charge >= 0.3 is 0 Å². The van der Waals surface area contributed by atoms with Gasteiger partial charge in [0.2, 0.25) is 0 Å². The van der Waals surface area contributed by atoms with E-state index in [1.165, 1.54) is 19.3 Å². The largest absolute Gasteiger partial charge is 0.414 e. The molecule has 0 rings (SSSR count). The molecule has 0 aliphatic rings. The highest BCUT2D eigenvalue weighted by Gasteiger charge is 2.11. The first-order valence-electron chi connectivity index (χ1n) is 4.85. The normalized spacial score (nSPS) is 12.7. The molecule has 0 atom stereocenters. The van der Waals surface area contributed by atoms with Crippen LogP contribution in [0, 0.1) is 0 Å². The van der Waals surface area contributed by atoms with Crippen molar-refractivity contribution in [3.05, 3.63) is 12.2 Å². The van der Waals surface area contributed by atoms with Crippen LogP contribution >= 0.6 is 0 Å². The minimum atomic E-state index is -1.28. The number of allylic oxidation sites excluding steroid dienone is 1. The first-order chi connectivity index (χ1) is 5.56. The van der Waals surface area contributed by atoms with Crippen LogP contribution in [0.2, 0.25) is 19.6 Å². The number of hydrogen-bond donors (Lipinski definition) is 0. The summed E-state index contributed by atoms with van der Waals surface area (Å²) in [5, 5.41) is 0. The minimum Gasteiger partial charge on any atom is -0.414 e. The number of hydrogen-bond acceptors (Lipinski definition) is 1. The van der Waals surface area contributed by atoms with Gasteiger partial charge in [0.05, 0.1) is 6.61 Å². The fourth-order valence-electron chi connectivity index (χ4n) is 0.806. The van der Waals surface area contributed by atoms with Gasteiger partial charge in [0.15, 0.2) is 8.32 Å². The van der Waals surface area contributed by atoms with E-state index >= 15 is 0 Å². The van der Waals surface area contributed by atoms with E-state index < -0.39 is 8.32 Å². The molecule has 0 aromatic heterocycles. The number of unbranched alkanes of at least 4 members (excludes halogenated alkanes) is 2. The fraction of sp³-hybridized carbons (Fsp3) is 0.800. The lowest BCUT2D eigenvalue weighted by molar-refractivity contribution is 0.357. The molecule has 0 fully saturated rings. The van der Waals surface area contributed by atoms with Crippen molar-refractivity contribution < 1.29 is 4.43 Å². The van der Waals surface area contributed by atoms with Gasteiger partial charge in [-0.15, -0.1) is 0 Å². The summed E-state index contributed by atoms with van der Waals surface area (Å²) in [5.41, 5.74) is 0. The van der Waals surface area contributed by atoms with Gasteiger partial charge in [0.1, 0.15) is 0 Å². The molecule has 0 aromatic rings. The van der Waals surface area contributed by atoms with Crippen molar-refractivity contribution in [2.45, 2.75) is 45.8 Å². The molecule has 12 heavy (non-hydrogen) atoms. The van der Waals surface area contributed by atoms with Gasteiger partial charge in [-0.2, -0.15) is 0 Å². The summed E-state index contributed by atoms with van der Waals surface area (Å²) in [4.78, 5) is 0. The quantitative estimate of drug-likeness (QED) is 0.350. The van der Waals surface area contributed by atoms with Crippen molar-refractivity contribution in [2.75, 3.05) is 6.61 Å². The van der Waals surface area contributed by atoms with E-state index in [4.69, 9.17) is 4.43 Å². The van der Waals surface area contributed by atoms with Gasteiger partial charge in [-0.25, -0.2) is 0 Å². The summed E-state index contributed by atoms with van der Waals surface area (Å²) in [7, 11) is -1.28. The minimum absolute atomic E-state index is 0.805. The predicted molar refractivity (Wildman–Crippen MR) is 58.0 cm³/mol. The summed E-state index contributed by atoms with van der Waals surface area (Å²) >= 11 is 0. The summed E-state index contributed by atoms with van der Waals surface area (Å²) in [6.45, 7) is 9.67. The third-order valence-corrected chi connectivity index (χ3v) is 2.54. The van der Waals surface area contributed by atoms with Gasteiger partial charge in [-0.3, -0.25) is 0 Å². The molecule has 0 radical (unpaired) electrons. The van der Waals surface area contributed by atoms with E-state index in [2.05, 4.69) is 38.7 Å². The molecule has 0 aliphatic heterocycles. The van der Waals surface area contributed by atoms with E-state index in [0.717, 1.165) is 6.61 Å². The maximum Gasteiger partial charge on any atom is 0.184 e. The lowest BCUT2D eigenvalue weighted by atomic mass is 10.2. The topological polar surface area (TPSA) is 9.23 Å². The summed E-state index contributed by atoms with van der Waals surface area (Å²) in [6.07, 6.45) is 8.14. The third-order valence-electron chi connectivity index (χ3n) is 1.50. The SMILES string of the molecule is CCCCC=CCO[Si](C)(C)C. The van der Waals surface area contributed by atoms with Crippen LogP contribution in [0.25, 0.3) is 0 Å². The lowest BCUT2D eigenvalue weighted by Crippen LogP contribution is -2.25. The summed E-state index contributed by atoms with van der Waals surface area (Å²) < 4.78 is 5.66. The molecule has 2 heteroatoms. The Kier molecular flexibility index (Phi) is 6.39. The molecule has 0 amide bonds. The zero-order chi connectivity index (χ0) is 9.45. The van der Waals surface area contributed by atoms with E-state index in [9.17, 15) is 0 Å². The molecular weight excluding hydrogens is 164 g/mol. The molecule has 0 saturated heterocycles. The first kappa shape index (κ1) is 11.9. The molecule has 0 spiro atoms. The van der Waals surface area contributed by atoms with Crippen molar-refractivity contribution in [2.24, 2.45) is 0 Å². The van der Waals surface area contributed by atoms with E-state index in [-0.39, 0.29) is 0 Å². The summed E-state index contributed by atoms with van der Waals surface area (Å²) in [5.74, 6) is 0. The van der Waals surface area contributed by atoms with Crippen LogP contribution in [0.1, 0.15) is 26.2 Å². The smallest absolute Gasteiger partial charge is 0.184 e. The molecule has 0 bridgehead atoms. The predicted octanol–water partition coefficient (Wildman–Crippen LogP) is 3.58. The Bertz CT molecular complexity index is 124. The Morgan fingerprint density at radius 3 is 2.33 bits per heavy atom. The maximum absolute atomic E-state index is 5.66. The van der Waals surface area contributed by atoms with Crippen molar-refractivity contribution in [3.8, 4) is 0 Å². The highest BCUT2D eigenvalue weighted by Crippen LogP contribution is 2.02.